The van der Waals surface area contributed by atoms with Gasteiger partial charge in [0.15, 0.2) is 0 Å². The van der Waals surface area contributed by atoms with Gasteiger partial charge in [-0.25, -0.2) is 0 Å². The van der Waals surface area contributed by atoms with Crippen molar-refractivity contribution in [1.82, 2.24) is 9.80 Å². The molecule has 0 aliphatic carbocycles. The highest BCUT2D eigenvalue weighted by Crippen LogP contribution is 2.09. The molecule has 6 heteroatoms. The maximum absolute atomic E-state index is 11.9. The van der Waals surface area contributed by atoms with Gasteiger partial charge in [0.1, 0.15) is 4.99 Å². The van der Waals surface area contributed by atoms with E-state index < -0.39 is 0 Å². The summed E-state index contributed by atoms with van der Waals surface area (Å²) >= 11 is 4.89. The van der Waals surface area contributed by atoms with Gasteiger partial charge in [0.2, 0.25) is 5.91 Å². The van der Waals surface area contributed by atoms with Crippen molar-refractivity contribution in [2.45, 2.75) is 6.42 Å². The van der Waals surface area contributed by atoms with E-state index in [-0.39, 0.29) is 5.91 Å². The van der Waals surface area contributed by atoms with Gasteiger partial charge in [-0.3, -0.25) is 4.79 Å². The van der Waals surface area contributed by atoms with Gasteiger partial charge in [-0.1, -0.05) is 12.2 Å². The van der Waals surface area contributed by atoms with Crippen LogP contribution in [0.3, 0.4) is 0 Å². The molecule has 0 fully saturated rings. The average Bonchev–Trinajstić information content (AvgIpc) is 2.43. The topological polar surface area (TPSA) is 61.6 Å². The fraction of sp³-hybridized carbons (Fsp3) is 0.467. The number of hydrogen-bond acceptors (Lipinski definition) is 4. The molecule has 0 aliphatic heterocycles. The molecule has 1 rings (SSSR count). The first-order chi connectivity index (χ1) is 9.88. The van der Waals surface area contributed by atoms with Crippen molar-refractivity contribution in [2.75, 3.05) is 46.1 Å². The van der Waals surface area contributed by atoms with E-state index in [0.29, 0.717) is 11.4 Å². The zero-order valence-electron chi connectivity index (χ0n) is 12.9. The van der Waals surface area contributed by atoms with Crippen LogP contribution in [0.5, 0.6) is 0 Å². The van der Waals surface area contributed by atoms with Gasteiger partial charge in [-0.2, -0.15) is 0 Å². The second-order valence-electron chi connectivity index (χ2n) is 5.35. The first-order valence-electron chi connectivity index (χ1n) is 6.91. The molecule has 1 aromatic rings. The second-order valence-corrected chi connectivity index (χ2v) is 5.79. The second kappa shape index (κ2) is 8.71. The molecular formula is C15H24N4OS. The largest absolute Gasteiger partial charge is 0.389 e. The number of amides is 1. The fourth-order valence-electron chi connectivity index (χ4n) is 1.72. The Morgan fingerprint density at radius 3 is 2.29 bits per heavy atom. The van der Waals surface area contributed by atoms with Gasteiger partial charge in [0.25, 0.3) is 0 Å². The van der Waals surface area contributed by atoms with Crippen LogP contribution in [0.1, 0.15) is 12.0 Å². The molecule has 0 heterocycles. The summed E-state index contributed by atoms with van der Waals surface area (Å²) in [6, 6.07) is 7.23. The van der Waals surface area contributed by atoms with E-state index in [4.69, 9.17) is 18.0 Å². The number of nitrogens with zero attached hydrogens (tertiary/aromatic N) is 2. The Hall–Kier alpha value is -1.50. The zero-order valence-corrected chi connectivity index (χ0v) is 13.7. The van der Waals surface area contributed by atoms with Crippen molar-refractivity contribution in [3.8, 4) is 0 Å². The highest BCUT2D eigenvalue weighted by atomic mass is 32.1. The van der Waals surface area contributed by atoms with Gasteiger partial charge in [0, 0.05) is 37.3 Å². The molecule has 1 aromatic carbocycles. The van der Waals surface area contributed by atoms with E-state index in [9.17, 15) is 4.79 Å². The Morgan fingerprint density at radius 1 is 1.14 bits per heavy atom. The lowest BCUT2D eigenvalue weighted by atomic mass is 10.2. The van der Waals surface area contributed by atoms with Crippen molar-refractivity contribution >= 4 is 28.8 Å². The summed E-state index contributed by atoms with van der Waals surface area (Å²) in [6.07, 6.45) is 0.473. The Bertz CT molecular complexity index is 473. The normalized spacial score (nSPS) is 10.9. The van der Waals surface area contributed by atoms with E-state index in [0.717, 1.165) is 30.9 Å². The third-order valence-corrected chi connectivity index (χ3v) is 3.34. The van der Waals surface area contributed by atoms with E-state index in [1.807, 2.05) is 33.3 Å². The Labute approximate surface area is 132 Å². The monoisotopic (exact) mass is 308 g/mol. The lowest BCUT2D eigenvalue weighted by Crippen LogP contribution is -2.31. The van der Waals surface area contributed by atoms with Crippen LogP contribution < -0.4 is 11.1 Å². The summed E-state index contributed by atoms with van der Waals surface area (Å²) < 4.78 is 0. The van der Waals surface area contributed by atoms with E-state index in [1.165, 1.54) is 0 Å². The number of nitrogens with two attached hydrogens (primary N) is 1. The van der Waals surface area contributed by atoms with Crippen LogP contribution in [0.2, 0.25) is 0 Å². The Morgan fingerprint density at radius 2 is 1.76 bits per heavy atom. The minimum absolute atomic E-state index is 0.00905. The predicted molar refractivity (Wildman–Crippen MR) is 91.6 cm³/mol. The van der Waals surface area contributed by atoms with E-state index in [1.54, 1.807) is 12.1 Å². The SMILES string of the molecule is CN(C)CCN(C)CCC(=O)Nc1ccc(C(N)=S)cc1. The van der Waals surface area contributed by atoms with Gasteiger partial charge < -0.3 is 20.9 Å². The highest BCUT2D eigenvalue weighted by molar-refractivity contribution is 7.80. The van der Waals surface area contributed by atoms with Crippen LogP contribution >= 0.6 is 12.2 Å². The molecule has 0 saturated heterocycles. The third kappa shape index (κ3) is 7.17. The Kier molecular flexibility index (Phi) is 7.28. The van der Waals surface area contributed by atoms with E-state index in [2.05, 4.69) is 15.1 Å². The molecule has 0 aliphatic rings. The lowest BCUT2D eigenvalue weighted by Gasteiger charge is -2.18. The third-order valence-electron chi connectivity index (χ3n) is 3.10. The Balaban J connectivity index is 2.34. The molecule has 0 radical (unpaired) electrons. The smallest absolute Gasteiger partial charge is 0.225 e. The maximum atomic E-state index is 11.9. The minimum atomic E-state index is 0.00905. The van der Waals surface area contributed by atoms with Gasteiger partial charge >= 0.3 is 0 Å². The summed E-state index contributed by atoms with van der Waals surface area (Å²) in [5.74, 6) is 0.00905. The van der Waals surface area contributed by atoms with Crippen LogP contribution in [-0.2, 0) is 4.79 Å². The quantitative estimate of drug-likeness (QED) is 0.705. The molecule has 0 atom stereocenters. The van der Waals surface area contributed by atoms with Crippen LogP contribution in [-0.4, -0.2) is 61.5 Å². The molecule has 116 valence electrons. The standard InChI is InChI=1S/C15H24N4OS/c1-18(2)10-11-19(3)9-8-14(20)17-13-6-4-12(5-7-13)15(16)21/h4-7H,8-11H2,1-3H3,(H2,16,21)(H,17,20). The molecule has 0 unspecified atom stereocenters. The molecule has 0 bridgehead atoms. The summed E-state index contributed by atoms with van der Waals surface area (Å²) in [5.41, 5.74) is 7.09. The van der Waals surface area contributed by atoms with Crippen molar-refractivity contribution in [3.05, 3.63) is 29.8 Å². The first kappa shape index (κ1) is 17.6. The number of hydrogen-bond donors (Lipinski definition) is 2. The van der Waals surface area contributed by atoms with Gasteiger partial charge in [-0.05, 0) is 45.4 Å². The number of nitrogens with one attached hydrogen (secondary N) is 1. The highest BCUT2D eigenvalue weighted by Gasteiger charge is 2.06. The van der Waals surface area contributed by atoms with Crippen LogP contribution in [0, 0.1) is 0 Å². The van der Waals surface area contributed by atoms with Gasteiger partial charge in [-0.15, -0.1) is 0 Å². The summed E-state index contributed by atoms with van der Waals surface area (Å²) in [7, 11) is 6.10. The number of anilines is 1. The summed E-state index contributed by atoms with van der Waals surface area (Å²) in [4.78, 5) is 16.5. The number of likely N-dealkylation sites (N-methyl/N-ethyl adjacent to an activating group) is 2. The van der Waals surface area contributed by atoms with Crippen molar-refractivity contribution in [3.63, 3.8) is 0 Å². The van der Waals surface area contributed by atoms with Crippen LogP contribution in [0.4, 0.5) is 5.69 Å². The molecule has 0 saturated carbocycles. The molecule has 5 nitrogen and oxygen atoms in total. The predicted octanol–water partition coefficient (Wildman–Crippen LogP) is 1.14. The van der Waals surface area contributed by atoms with Crippen molar-refractivity contribution in [2.24, 2.45) is 5.73 Å². The van der Waals surface area contributed by atoms with Crippen molar-refractivity contribution < 1.29 is 4.79 Å². The zero-order chi connectivity index (χ0) is 15.8. The van der Waals surface area contributed by atoms with Crippen LogP contribution in [0.15, 0.2) is 24.3 Å². The molecule has 0 aromatic heterocycles. The van der Waals surface area contributed by atoms with E-state index >= 15 is 0 Å². The molecule has 0 spiro atoms. The molecule has 1 amide bonds. The lowest BCUT2D eigenvalue weighted by molar-refractivity contribution is -0.116. The number of rotatable bonds is 8. The summed E-state index contributed by atoms with van der Waals surface area (Å²) in [5, 5.41) is 2.87. The van der Waals surface area contributed by atoms with Crippen molar-refractivity contribution in [1.29, 1.82) is 0 Å². The number of carbonyl (C=O) groups excluding carboxylic acids is 1. The van der Waals surface area contributed by atoms with Gasteiger partial charge in [0.05, 0.1) is 0 Å². The number of carbonyl (C=O) groups is 1. The van der Waals surface area contributed by atoms with Crippen LogP contribution in [0.25, 0.3) is 0 Å². The maximum Gasteiger partial charge on any atom is 0.225 e. The number of thiocarbonyl (C=S) groups is 1. The minimum Gasteiger partial charge on any atom is -0.389 e. The average molecular weight is 308 g/mol. The number of benzene rings is 1. The molecular weight excluding hydrogens is 284 g/mol. The first-order valence-corrected chi connectivity index (χ1v) is 7.32. The summed E-state index contributed by atoms with van der Waals surface area (Å²) in [6.45, 7) is 2.67. The molecule has 3 N–H and O–H groups in total. The fourth-order valence-corrected chi connectivity index (χ4v) is 1.85. The molecule has 21 heavy (non-hydrogen) atoms.